The van der Waals surface area contributed by atoms with Crippen molar-refractivity contribution < 1.29 is 9.59 Å². The van der Waals surface area contributed by atoms with Gasteiger partial charge in [0, 0.05) is 17.3 Å². The predicted molar refractivity (Wildman–Crippen MR) is 130 cm³/mol. The summed E-state index contributed by atoms with van der Waals surface area (Å²) < 4.78 is 0. The fourth-order valence-corrected chi connectivity index (χ4v) is 4.31. The van der Waals surface area contributed by atoms with Crippen LogP contribution in [0.5, 0.6) is 0 Å². The number of carbonyl (C=O) groups is 2. The Morgan fingerprint density at radius 1 is 0.875 bits per heavy atom. The quantitative estimate of drug-likeness (QED) is 0.511. The zero-order chi connectivity index (χ0) is 22.3. The molecule has 1 N–H and O–H groups in total. The molecule has 0 heterocycles. The van der Waals surface area contributed by atoms with Gasteiger partial charge in [-0.2, -0.15) is 0 Å². The number of benzene rings is 3. The molecule has 1 saturated carbocycles. The normalized spacial score (nSPS) is 13.7. The Morgan fingerprint density at radius 3 is 2.31 bits per heavy atom. The van der Waals surface area contributed by atoms with Crippen LogP contribution in [0.4, 0.5) is 11.4 Å². The van der Waals surface area contributed by atoms with E-state index in [1.165, 1.54) is 5.56 Å². The Balaban J connectivity index is 1.54. The summed E-state index contributed by atoms with van der Waals surface area (Å²) in [4.78, 5) is 27.9. The summed E-state index contributed by atoms with van der Waals surface area (Å²) >= 11 is 0. The van der Waals surface area contributed by atoms with E-state index in [9.17, 15) is 9.59 Å². The number of aryl methyl sites for hydroxylation is 1. The van der Waals surface area contributed by atoms with E-state index in [2.05, 4.69) is 36.5 Å². The highest BCUT2D eigenvalue weighted by Gasteiger charge is 2.28. The number of hydrogen-bond acceptors (Lipinski definition) is 2. The van der Waals surface area contributed by atoms with Crippen LogP contribution in [0.15, 0.2) is 78.9 Å². The second-order valence-electron chi connectivity index (χ2n) is 8.65. The van der Waals surface area contributed by atoms with Crippen LogP contribution in [0, 0.1) is 12.8 Å². The summed E-state index contributed by atoms with van der Waals surface area (Å²) in [5.74, 6) is 0.208. The fraction of sp³-hybridized carbons (Fsp3) is 0.286. The van der Waals surface area contributed by atoms with Gasteiger partial charge in [0.15, 0.2) is 0 Å². The topological polar surface area (TPSA) is 49.4 Å². The molecule has 2 amide bonds. The van der Waals surface area contributed by atoms with Crippen LogP contribution < -0.4 is 10.2 Å². The Morgan fingerprint density at radius 2 is 1.59 bits per heavy atom. The third kappa shape index (κ3) is 5.64. The molecule has 0 aliphatic heterocycles. The monoisotopic (exact) mass is 426 g/mol. The van der Waals surface area contributed by atoms with Gasteiger partial charge < -0.3 is 10.2 Å². The maximum Gasteiger partial charge on any atom is 0.230 e. The highest BCUT2D eigenvalue weighted by atomic mass is 16.2. The van der Waals surface area contributed by atoms with E-state index < -0.39 is 0 Å². The van der Waals surface area contributed by atoms with E-state index >= 15 is 0 Å². The number of anilines is 2. The van der Waals surface area contributed by atoms with Gasteiger partial charge >= 0.3 is 0 Å². The van der Waals surface area contributed by atoms with Crippen molar-refractivity contribution >= 4 is 23.2 Å². The van der Waals surface area contributed by atoms with Crippen LogP contribution in [-0.4, -0.2) is 11.8 Å². The maximum atomic E-state index is 13.4. The van der Waals surface area contributed by atoms with E-state index in [0.29, 0.717) is 6.54 Å². The number of nitrogens with zero attached hydrogens (tertiary/aromatic N) is 1. The van der Waals surface area contributed by atoms with Crippen molar-refractivity contribution in [3.8, 4) is 0 Å². The molecule has 1 aliphatic rings. The Labute approximate surface area is 190 Å². The maximum absolute atomic E-state index is 13.4. The minimum atomic E-state index is -0.0689. The van der Waals surface area contributed by atoms with Gasteiger partial charge in [0.25, 0.3) is 0 Å². The van der Waals surface area contributed by atoms with Crippen molar-refractivity contribution in [3.05, 3.63) is 95.6 Å². The van der Waals surface area contributed by atoms with Crippen LogP contribution in [0.1, 0.15) is 42.4 Å². The van der Waals surface area contributed by atoms with E-state index in [4.69, 9.17) is 0 Å². The number of para-hydroxylation sites is 1. The van der Waals surface area contributed by atoms with Crippen LogP contribution in [-0.2, 0) is 22.6 Å². The first kappa shape index (κ1) is 21.8. The Bertz CT molecular complexity index is 1050. The molecule has 4 heteroatoms. The molecule has 0 saturated heterocycles. The van der Waals surface area contributed by atoms with Crippen molar-refractivity contribution in [2.24, 2.45) is 5.92 Å². The standard InChI is InChI=1S/C28H30N2O2/c1-21-14-16-22(17-15-21)20-30(28(32)24-9-5-6-10-24)26-13-7-8-23(18-26)19-27(31)29-25-11-3-2-4-12-25/h2-4,7-8,11-18,24H,5-6,9-10,19-20H2,1H3,(H,29,31). The first-order valence-corrected chi connectivity index (χ1v) is 11.4. The molecule has 0 spiro atoms. The van der Waals surface area contributed by atoms with Crippen LogP contribution in [0.3, 0.4) is 0 Å². The number of amides is 2. The van der Waals surface area contributed by atoms with Crippen molar-refractivity contribution in [1.29, 1.82) is 0 Å². The number of carbonyl (C=O) groups excluding carboxylic acids is 2. The Hall–Kier alpha value is -3.40. The molecule has 1 fully saturated rings. The molecule has 0 aromatic heterocycles. The van der Waals surface area contributed by atoms with Crippen molar-refractivity contribution in [3.63, 3.8) is 0 Å². The fourth-order valence-electron chi connectivity index (χ4n) is 4.31. The van der Waals surface area contributed by atoms with Crippen LogP contribution >= 0.6 is 0 Å². The molecule has 0 unspecified atom stereocenters. The van der Waals surface area contributed by atoms with Gasteiger partial charge in [-0.1, -0.05) is 73.0 Å². The minimum Gasteiger partial charge on any atom is -0.326 e. The average molecular weight is 427 g/mol. The molecule has 1 aliphatic carbocycles. The molecule has 0 radical (unpaired) electrons. The minimum absolute atomic E-state index is 0.0689. The zero-order valence-corrected chi connectivity index (χ0v) is 18.6. The first-order valence-electron chi connectivity index (χ1n) is 11.4. The van der Waals surface area contributed by atoms with Crippen LogP contribution in [0.25, 0.3) is 0 Å². The summed E-state index contributed by atoms with van der Waals surface area (Å²) in [5.41, 5.74) is 4.84. The number of rotatable bonds is 7. The lowest BCUT2D eigenvalue weighted by Crippen LogP contribution is -2.35. The van der Waals surface area contributed by atoms with Gasteiger partial charge in [-0.3, -0.25) is 9.59 Å². The predicted octanol–water partition coefficient (Wildman–Crippen LogP) is 5.90. The molecule has 3 aromatic rings. The van der Waals surface area contributed by atoms with Gasteiger partial charge in [-0.25, -0.2) is 0 Å². The smallest absolute Gasteiger partial charge is 0.230 e. The van der Waals surface area contributed by atoms with Crippen LogP contribution in [0.2, 0.25) is 0 Å². The highest BCUT2D eigenvalue weighted by Crippen LogP contribution is 2.30. The lowest BCUT2D eigenvalue weighted by molar-refractivity contribution is -0.122. The largest absolute Gasteiger partial charge is 0.326 e. The van der Waals surface area contributed by atoms with E-state index in [0.717, 1.165) is 48.2 Å². The number of hydrogen-bond donors (Lipinski definition) is 1. The third-order valence-corrected chi connectivity index (χ3v) is 6.08. The lowest BCUT2D eigenvalue weighted by Gasteiger charge is -2.26. The van der Waals surface area contributed by atoms with Gasteiger partial charge in [0.2, 0.25) is 11.8 Å². The van der Waals surface area contributed by atoms with Crippen molar-refractivity contribution in [1.82, 2.24) is 0 Å². The highest BCUT2D eigenvalue weighted by molar-refractivity contribution is 5.96. The van der Waals surface area contributed by atoms with Gasteiger partial charge in [0.05, 0.1) is 13.0 Å². The van der Waals surface area contributed by atoms with Gasteiger partial charge in [-0.05, 0) is 55.2 Å². The SMILES string of the molecule is Cc1ccc(CN(C(=O)C2CCCC2)c2cccc(CC(=O)Nc3ccccc3)c2)cc1. The molecule has 3 aromatic carbocycles. The lowest BCUT2D eigenvalue weighted by atomic mass is 10.0. The average Bonchev–Trinajstić information content (AvgIpc) is 3.34. The summed E-state index contributed by atoms with van der Waals surface area (Å²) in [5, 5.41) is 2.93. The Kier molecular flexibility index (Phi) is 7.00. The molecule has 4 rings (SSSR count). The van der Waals surface area contributed by atoms with Gasteiger partial charge in [0.1, 0.15) is 0 Å². The molecule has 164 valence electrons. The molecular formula is C28H30N2O2. The summed E-state index contributed by atoms with van der Waals surface area (Å²) in [7, 11) is 0. The molecule has 4 nitrogen and oxygen atoms in total. The molecule has 0 atom stereocenters. The van der Waals surface area contributed by atoms with Gasteiger partial charge in [-0.15, -0.1) is 0 Å². The molecular weight excluding hydrogens is 396 g/mol. The summed E-state index contributed by atoms with van der Waals surface area (Å²) in [6, 6.07) is 25.6. The second-order valence-corrected chi connectivity index (χ2v) is 8.65. The first-order chi connectivity index (χ1) is 15.6. The summed E-state index contributed by atoms with van der Waals surface area (Å²) in [6.45, 7) is 2.60. The van der Waals surface area contributed by atoms with Crippen molar-refractivity contribution in [2.75, 3.05) is 10.2 Å². The van der Waals surface area contributed by atoms with E-state index in [1.54, 1.807) is 0 Å². The zero-order valence-electron chi connectivity index (χ0n) is 18.6. The molecule has 0 bridgehead atoms. The number of nitrogens with one attached hydrogen (secondary N) is 1. The van der Waals surface area contributed by atoms with E-state index in [1.807, 2.05) is 59.5 Å². The van der Waals surface area contributed by atoms with E-state index in [-0.39, 0.29) is 24.2 Å². The second kappa shape index (κ2) is 10.3. The molecule has 32 heavy (non-hydrogen) atoms. The summed E-state index contributed by atoms with van der Waals surface area (Å²) in [6.07, 6.45) is 4.42. The van der Waals surface area contributed by atoms with Crippen molar-refractivity contribution in [2.45, 2.75) is 45.6 Å². The third-order valence-electron chi connectivity index (χ3n) is 6.08.